The lowest BCUT2D eigenvalue weighted by Gasteiger charge is -2.02. The molecule has 4 nitrogen and oxygen atoms in total. The van der Waals surface area contributed by atoms with Gasteiger partial charge in [-0.15, -0.1) is 10.2 Å². The van der Waals surface area contributed by atoms with Gasteiger partial charge in [-0.1, -0.05) is 23.9 Å². The second-order valence-corrected chi connectivity index (χ2v) is 3.97. The fourth-order valence-corrected chi connectivity index (χ4v) is 1.90. The summed E-state index contributed by atoms with van der Waals surface area (Å²) in [6.45, 7) is 0. The van der Waals surface area contributed by atoms with E-state index in [1.54, 1.807) is 11.8 Å². The summed E-state index contributed by atoms with van der Waals surface area (Å²) in [5, 5.41) is 9.11. The van der Waals surface area contributed by atoms with Crippen molar-refractivity contribution in [1.82, 2.24) is 14.8 Å². The number of aromatic nitrogens is 3. The molecular weight excluding hydrogens is 208 g/mol. The van der Waals surface area contributed by atoms with E-state index in [2.05, 4.69) is 10.2 Å². The zero-order valence-corrected chi connectivity index (χ0v) is 9.45. The van der Waals surface area contributed by atoms with E-state index in [4.69, 9.17) is 5.73 Å². The Hall–Kier alpha value is -1.49. The topological polar surface area (TPSA) is 56.7 Å². The standard InChI is InChI=1S/C10H12N4S/c1-14-9(12-13-10(14)15-2)7-4-3-5-8(11)6-7/h3-6H,11H2,1-2H3. The number of nitrogens with two attached hydrogens (primary N) is 1. The predicted octanol–water partition coefficient (Wildman–Crippen LogP) is 1.79. The summed E-state index contributed by atoms with van der Waals surface area (Å²) in [6, 6.07) is 7.64. The van der Waals surface area contributed by atoms with Crippen molar-refractivity contribution in [2.75, 3.05) is 12.0 Å². The number of rotatable bonds is 2. The molecule has 0 unspecified atom stereocenters. The van der Waals surface area contributed by atoms with Gasteiger partial charge in [-0.2, -0.15) is 0 Å². The summed E-state index contributed by atoms with van der Waals surface area (Å²) in [6.07, 6.45) is 1.98. The third-order valence-corrected chi connectivity index (χ3v) is 2.88. The predicted molar refractivity (Wildman–Crippen MR) is 62.6 cm³/mol. The highest BCUT2D eigenvalue weighted by Gasteiger charge is 2.09. The Kier molecular flexibility index (Phi) is 2.64. The van der Waals surface area contributed by atoms with Crippen molar-refractivity contribution in [2.24, 2.45) is 7.05 Å². The van der Waals surface area contributed by atoms with Gasteiger partial charge in [0.1, 0.15) is 0 Å². The molecule has 0 bridgehead atoms. The molecule has 0 aliphatic carbocycles. The van der Waals surface area contributed by atoms with Gasteiger partial charge in [-0.3, -0.25) is 0 Å². The molecule has 0 aliphatic heterocycles. The molecule has 0 aliphatic rings. The van der Waals surface area contributed by atoms with Crippen LogP contribution < -0.4 is 5.73 Å². The van der Waals surface area contributed by atoms with E-state index in [-0.39, 0.29) is 0 Å². The summed E-state index contributed by atoms with van der Waals surface area (Å²) in [5.74, 6) is 0.839. The molecule has 1 heterocycles. The van der Waals surface area contributed by atoms with E-state index in [9.17, 15) is 0 Å². The monoisotopic (exact) mass is 220 g/mol. The van der Waals surface area contributed by atoms with Gasteiger partial charge in [0.2, 0.25) is 0 Å². The van der Waals surface area contributed by atoms with Crippen molar-refractivity contribution < 1.29 is 0 Å². The Balaban J connectivity index is 2.49. The first kappa shape index (κ1) is 10.0. The minimum atomic E-state index is 0.737. The number of nitrogen functional groups attached to an aromatic ring is 1. The third kappa shape index (κ3) is 1.83. The summed E-state index contributed by atoms with van der Waals surface area (Å²) in [4.78, 5) is 0. The van der Waals surface area contributed by atoms with Crippen molar-refractivity contribution in [3.8, 4) is 11.4 Å². The molecule has 0 fully saturated rings. The van der Waals surface area contributed by atoms with Crippen LogP contribution in [0.3, 0.4) is 0 Å². The van der Waals surface area contributed by atoms with Crippen molar-refractivity contribution in [3.63, 3.8) is 0 Å². The number of hydrogen-bond acceptors (Lipinski definition) is 4. The van der Waals surface area contributed by atoms with Gasteiger partial charge in [0, 0.05) is 18.3 Å². The molecule has 2 rings (SSSR count). The van der Waals surface area contributed by atoms with Gasteiger partial charge < -0.3 is 10.3 Å². The Morgan fingerprint density at radius 1 is 1.33 bits per heavy atom. The van der Waals surface area contributed by atoms with Crippen LogP contribution in [-0.4, -0.2) is 21.0 Å². The number of benzene rings is 1. The molecule has 15 heavy (non-hydrogen) atoms. The quantitative estimate of drug-likeness (QED) is 0.619. The second-order valence-electron chi connectivity index (χ2n) is 3.19. The average Bonchev–Trinajstić information content (AvgIpc) is 2.59. The lowest BCUT2D eigenvalue weighted by molar-refractivity contribution is 0.795. The van der Waals surface area contributed by atoms with E-state index in [1.165, 1.54) is 0 Å². The summed E-state index contributed by atoms with van der Waals surface area (Å²) < 4.78 is 1.96. The minimum absolute atomic E-state index is 0.737. The number of anilines is 1. The minimum Gasteiger partial charge on any atom is -0.399 e. The molecule has 0 amide bonds. The van der Waals surface area contributed by atoms with E-state index >= 15 is 0 Å². The Bertz CT molecular complexity index is 478. The van der Waals surface area contributed by atoms with Crippen molar-refractivity contribution in [3.05, 3.63) is 24.3 Å². The van der Waals surface area contributed by atoms with Crippen LogP contribution in [0.4, 0.5) is 5.69 Å². The molecule has 1 aromatic heterocycles. The first-order valence-electron chi connectivity index (χ1n) is 4.51. The number of hydrogen-bond donors (Lipinski definition) is 1. The normalized spacial score (nSPS) is 10.5. The summed E-state index contributed by atoms with van der Waals surface area (Å²) in [5.41, 5.74) is 7.45. The first-order chi connectivity index (χ1) is 7.22. The molecule has 0 radical (unpaired) electrons. The second kappa shape index (κ2) is 3.94. The van der Waals surface area contributed by atoms with Crippen molar-refractivity contribution >= 4 is 17.4 Å². The van der Waals surface area contributed by atoms with Crippen LogP contribution in [0, 0.1) is 0 Å². The maximum Gasteiger partial charge on any atom is 0.190 e. The van der Waals surface area contributed by atoms with Crippen molar-refractivity contribution in [2.45, 2.75) is 5.16 Å². The van der Waals surface area contributed by atoms with E-state index < -0.39 is 0 Å². The van der Waals surface area contributed by atoms with Gasteiger partial charge in [0.05, 0.1) is 0 Å². The highest BCUT2D eigenvalue weighted by molar-refractivity contribution is 7.98. The van der Waals surface area contributed by atoms with Crippen LogP contribution in [0.15, 0.2) is 29.4 Å². The van der Waals surface area contributed by atoms with Crippen molar-refractivity contribution in [1.29, 1.82) is 0 Å². The summed E-state index contributed by atoms with van der Waals surface area (Å²) >= 11 is 1.57. The zero-order valence-electron chi connectivity index (χ0n) is 8.64. The van der Waals surface area contributed by atoms with E-state index in [0.717, 1.165) is 22.2 Å². The van der Waals surface area contributed by atoms with Crippen LogP contribution in [0.5, 0.6) is 0 Å². The molecule has 0 spiro atoms. The number of thioether (sulfide) groups is 1. The molecule has 0 saturated heterocycles. The number of nitrogens with zero attached hydrogens (tertiary/aromatic N) is 3. The van der Waals surface area contributed by atoms with E-state index in [1.807, 2.05) is 42.1 Å². The van der Waals surface area contributed by atoms with Crippen LogP contribution in [0.1, 0.15) is 0 Å². The lowest BCUT2D eigenvalue weighted by atomic mass is 10.2. The Morgan fingerprint density at radius 2 is 2.13 bits per heavy atom. The van der Waals surface area contributed by atoms with Gasteiger partial charge in [0.25, 0.3) is 0 Å². The third-order valence-electron chi connectivity index (χ3n) is 2.16. The maximum atomic E-state index is 5.72. The fraction of sp³-hybridized carbons (Fsp3) is 0.200. The maximum absolute atomic E-state index is 5.72. The SMILES string of the molecule is CSc1nnc(-c2cccc(N)c2)n1C. The molecular formula is C10H12N4S. The fourth-order valence-electron chi connectivity index (χ4n) is 1.42. The molecule has 0 atom stereocenters. The van der Waals surface area contributed by atoms with Gasteiger partial charge >= 0.3 is 0 Å². The largest absolute Gasteiger partial charge is 0.399 e. The van der Waals surface area contributed by atoms with Gasteiger partial charge in [-0.05, 0) is 18.4 Å². The lowest BCUT2D eigenvalue weighted by Crippen LogP contribution is -1.95. The average molecular weight is 220 g/mol. The molecule has 1 aromatic carbocycles. The van der Waals surface area contributed by atoms with Crippen LogP contribution in [0.2, 0.25) is 0 Å². The smallest absolute Gasteiger partial charge is 0.190 e. The molecule has 2 N–H and O–H groups in total. The molecule has 5 heteroatoms. The Labute approximate surface area is 92.5 Å². The Morgan fingerprint density at radius 3 is 2.73 bits per heavy atom. The van der Waals surface area contributed by atoms with Gasteiger partial charge in [-0.25, -0.2) is 0 Å². The van der Waals surface area contributed by atoms with Crippen LogP contribution in [-0.2, 0) is 7.05 Å². The van der Waals surface area contributed by atoms with Crippen LogP contribution in [0.25, 0.3) is 11.4 Å². The molecule has 2 aromatic rings. The van der Waals surface area contributed by atoms with Gasteiger partial charge in [0.15, 0.2) is 11.0 Å². The first-order valence-corrected chi connectivity index (χ1v) is 5.74. The highest BCUT2D eigenvalue weighted by atomic mass is 32.2. The van der Waals surface area contributed by atoms with E-state index in [0.29, 0.717) is 0 Å². The summed E-state index contributed by atoms with van der Waals surface area (Å²) in [7, 11) is 1.95. The molecule has 78 valence electrons. The van der Waals surface area contributed by atoms with Crippen LogP contribution >= 0.6 is 11.8 Å². The zero-order chi connectivity index (χ0) is 10.8. The molecule has 0 saturated carbocycles. The highest BCUT2D eigenvalue weighted by Crippen LogP contribution is 2.22.